The van der Waals surface area contributed by atoms with Crippen molar-refractivity contribution in [1.82, 2.24) is 4.90 Å². The molecular weight excluding hydrogens is 342 g/mol. The summed E-state index contributed by atoms with van der Waals surface area (Å²) in [4.78, 5) is 28.8. The average Bonchev–Trinajstić information content (AvgIpc) is 3.27. The van der Waals surface area contributed by atoms with Gasteiger partial charge in [0, 0.05) is 19.5 Å². The molecule has 2 N–H and O–H groups in total. The molecule has 2 aromatic carbocycles. The number of anilines is 1. The van der Waals surface area contributed by atoms with Gasteiger partial charge >= 0.3 is 0 Å². The van der Waals surface area contributed by atoms with E-state index in [1.807, 2.05) is 53.4 Å². The minimum absolute atomic E-state index is 0.0239. The molecule has 2 fully saturated rings. The van der Waals surface area contributed by atoms with Crippen molar-refractivity contribution in [3.63, 3.8) is 0 Å². The molecule has 2 aromatic rings. The van der Waals surface area contributed by atoms with Crippen LogP contribution in [0.2, 0.25) is 0 Å². The van der Waals surface area contributed by atoms with Gasteiger partial charge in [0.1, 0.15) is 11.8 Å². The van der Waals surface area contributed by atoms with Gasteiger partial charge in [-0.25, -0.2) is 0 Å². The van der Waals surface area contributed by atoms with Crippen LogP contribution in [0.5, 0.6) is 5.75 Å². The quantitative estimate of drug-likeness (QED) is 0.880. The summed E-state index contributed by atoms with van der Waals surface area (Å²) < 4.78 is 5.53. The van der Waals surface area contributed by atoms with Crippen molar-refractivity contribution in [2.45, 2.75) is 24.9 Å². The van der Waals surface area contributed by atoms with Crippen molar-refractivity contribution < 1.29 is 14.3 Å². The molecule has 0 radical (unpaired) electrons. The third-order valence-corrected chi connectivity index (χ3v) is 5.39. The van der Waals surface area contributed by atoms with Crippen LogP contribution in [-0.2, 0) is 9.59 Å². The van der Waals surface area contributed by atoms with E-state index in [-0.39, 0.29) is 30.3 Å². The van der Waals surface area contributed by atoms with Gasteiger partial charge in [0.05, 0.1) is 18.8 Å². The third-order valence-electron chi connectivity index (χ3n) is 5.39. The van der Waals surface area contributed by atoms with E-state index in [4.69, 9.17) is 10.5 Å². The van der Waals surface area contributed by atoms with E-state index in [1.54, 1.807) is 12.0 Å². The molecule has 2 amide bonds. The van der Waals surface area contributed by atoms with Crippen molar-refractivity contribution in [2.24, 2.45) is 5.73 Å². The van der Waals surface area contributed by atoms with Gasteiger partial charge < -0.3 is 20.3 Å². The Morgan fingerprint density at radius 3 is 2.63 bits per heavy atom. The maximum Gasteiger partial charge on any atom is 0.250 e. The predicted octanol–water partition coefficient (Wildman–Crippen LogP) is 2.03. The first-order chi connectivity index (χ1) is 13.1. The predicted molar refractivity (Wildman–Crippen MR) is 103 cm³/mol. The van der Waals surface area contributed by atoms with Gasteiger partial charge in [0.2, 0.25) is 11.8 Å². The molecule has 2 atom stereocenters. The molecule has 140 valence electrons. The number of piperazine rings is 1. The van der Waals surface area contributed by atoms with E-state index < -0.39 is 0 Å². The molecule has 6 nitrogen and oxygen atoms in total. The lowest BCUT2D eigenvalue weighted by Gasteiger charge is -2.34. The molecule has 27 heavy (non-hydrogen) atoms. The monoisotopic (exact) mass is 365 g/mol. The number of hydrogen-bond acceptors (Lipinski definition) is 4. The molecule has 2 aliphatic rings. The number of amides is 2. The van der Waals surface area contributed by atoms with Gasteiger partial charge in [-0.1, -0.05) is 36.4 Å². The van der Waals surface area contributed by atoms with E-state index in [9.17, 15) is 9.59 Å². The number of ether oxygens (including phenoxy) is 1. The summed E-state index contributed by atoms with van der Waals surface area (Å²) in [6.45, 7) is 0.853. The highest BCUT2D eigenvalue weighted by Gasteiger charge is 2.52. The van der Waals surface area contributed by atoms with E-state index in [0.29, 0.717) is 25.3 Å². The van der Waals surface area contributed by atoms with E-state index in [2.05, 4.69) is 0 Å². The Kier molecular flexibility index (Phi) is 4.58. The summed E-state index contributed by atoms with van der Waals surface area (Å²) >= 11 is 0. The maximum atomic E-state index is 13.0. The van der Waals surface area contributed by atoms with E-state index in [0.717, 1.165) is 16.8 Å². The number of fused-ring (bicyclic) bond motifs is 2. The van der Waals surface area contributed by atoms with Crippen LogP contribution in [0, 0.1) is 0 Å². The fourth-order valence-corrected chi connectivity index (χ4v) is 4.12. The molecule has 0 spiro atoms. The number of carbonyl (C=O) groups excluding carboxylic acids is 2. The van der Waals surface area contributed by atoms with Gasteiger partial charge in [-0.3, -0.25) is 9.59 Å². The van der Waals surface area contributed by atoms with Crippen LogP contribution in [-0.4, -0.2) is 49.0 Å². The zero-order chi connectivity index (χ0) is 19.0. The highest BCUT2D eigenvalue weighted by atomic mass is 16.5. The summed E-state index contributed by atoms with van der Waals surface area (Å²) in [7, 11) is 1.61. The van der Waals surface area contributed by atoms with Gasteiger partial charge in [0.25, 0.3) is 0 Å². The molecule has 0 aromatic heterocycles. The minimum Gasteiger partial charge on any atom is -0.495 e. The first kappa shape index (κ1) is 17.5. The van der Waals surface area contributed by atoms with Crippen LogP contribution in [0.1, 0.15) is 12.8 Å². The summed E-state index contributed by atoms with van der Waals surface area (Å²) in [5, 5.41) is 0. The molecular formula is C21H23N3O3. The summed E-state index contributed by atoms with van der Waals surface area (Å²) in [6.07, 6.45) is 0.942. The fraction of sp³-hybridized carbons (Fsp3) is 0.333. The highest BCUT2D eigenvalue weighted by Crippen LogP contribution is 2.41. The number of methoxy groups -OCH3 is 1. The lowest BCUT2D eigenvalue weighted by molar-refractivity contribution is -0.138. The number of rotatable bonds is 5. The number of nitrogens with two attached hydrogens (primary N) is 1. The van der Waals surface area contributed by atoms with Crippen LogP contribution >= 0.6 is 0 Å². The Morgan fingerprint density at radius 1 is 1.19 bits per heavy atom. The van der Waals surface area contributed by atoms with Crippen LogP contribution in [0.4, 0.5) is 5.69 Å². The molecule has 2 saturated heterocycles. The first-order valence-corrected chi connectivity index (χ1v) is 9.20. The van der Waals surface area contributed by atoms with E-state index in [1.165, 1.54) is 0 Å². The topological polar surface area (TPSA) is 75.9 Å². The number of carbonyl (C=O) groups is 2. The van der Waals surface area contributed by atoms with Crippen molar-refractivity contribution in [1.29, 1.82) is 0 Å². The minimum atomic E-state index is -0.390. The van der Waals surface area contributed by atoms with Crippen LogP contribution in [0.25, 0.3) is 11.1 Å². The number of nitrogens with zero attached hydrogens (tertiary/aromatic N) is 2. The molecule has 0 unspecified atom stereocenters. The van der Waals surface area contributed by atoms with Crippen molar-refractivity contribution in [3.8, 4) is 16.9 Å². The lowest BCUT2D eigenvalue weighted by atomic mass is 10.0. The van der Waals surface area contributed by atoms with Crippen LogP contribution in [0.15, 0.2) is 48.5 Å². The van der Waals surface area contributed by atoms with E-state index >= 15 is 0 Å². The zero-order valence-electron chi connectivity index (χ0n) is 15.3. The number of benzene rings is 2. The molecule has 2 aliphatic heterocycles. The second-order valence-electron chi connectivity index (χ2n) is 6.95. The summed E-state index contributed by atoms with van der Waals surface area (Å²) in [5.74, 6) is 0.582. The van der Waals surface area contributed by atoms with Crippen molar-refractivity contribution in [3.05, 3.63) is 48.5 Å². The fourth-order valence-electron chi connectivity index (χ4n) is 4.12. The number of hydrogen-bond donors (Lipinski definition) is 1. The second kappa shape index (κ2) is 7.04. The Bertz CT molecular complexity index is 868. The summed E-state index contributed by atoms with van der Waals surface area (Å²) in [5.41, 5.74) is 8.37. The largest absolute Gasteiger partial charge is 0.495 e. The zero-order valence-corrected chi connectivity index (χ0v) is 15.3. The highest BCUT2D eigenvalue weighted by molar-refractivity contribution is 6.05. The van der Waals surface area contributed by atoms with Gasteiger partial charge in [0.15, 0.2) is 0 Å². The van der Waals surface area contributed by atoms with Crippen LogP contribution < -0.4 is 15.4 Å². The van der Waals surface area contributed by atoms with Crippen LogP contribution in [0.3, 0.4) is 0 Å². The number of likely N-dealkylation sites (tertiary alicyclic amines) is 1. The molecule has 0 saturated carbocycles. The van der Waals surface area contributed by atoms with Gasteiger partial charge in [-0.15, -0.1) is 0 Å². The second-order valence-corrected chi connectivity index (χ2v) is 6.95. The average molecular weight is 365 g/mol. The van der Waals surface area contributed by atoms with Gasteiger partial charge in [-0.05, 0) is 29.7 Å². The smallest absolute Gasteiger partial charge is 0.250 e. The molecule has 2 heterocycles. The molecule has 2 bridgehead atoms. The van der Waals surface area contributed by atoms with Crippen molar-refractivity contribution >= 4 is 17.5 Å². The SMILES string of the molecule is COc1ccc(-c2ccccc2)cc1N1C(=O)[C@@H]2C[C@H]1CN2C(=O)CCN. The molecule has 6 heteroatoms. The Labute approximate surface area is 158 Å². The Balaban J connectivity index is 1.66. The Morgan fingerprint density at radius 2 is 1.96 bits per heavy atom. The molecule has 4 rings (SSSR count). The maximum absolute atomic E-state index is 13.0. The first-order valence-electron chi connectivity index (χ1n) is 9.20. The molecule has 0 aliphatic carbocycles. The summed E-state index contributed by atoms with van der Waals surface area (Å²) in [6, 6.07) is 15.5. The normalized spacial score (nSPS) is 21.0. The lowest BCUT2D eigenvalue weighted by Crippen LogP contribution is -2.52. The standard InChI is InChI=1S/C21H23N3O3/c1-27-19-8-7-15(14-5-3-2-4-6-14)11-17(19)24-16-12-18(21(24)26)23(13-16)20(25)9-10-22/h2-8,11,16,18H,9-10,12-13,22H2,1H3/t16-,18-/m0/s1. The Hall–Kier alpha value is -2.86. The van der Waals surface area contributed by atoms with Crippen molar-refractivity contribution in [2.75, 3.05) is 25.1 Å². The third kappa shape index (κ3) is 2.96. The van der Waals surface area contributed by atoms with Gasteiger partial charge in [-0.2, -0.15) is 0 Å².